The number of unbranched alkanes of at least 4 members (excludes halogenated alkanes) is 20. The van der Waals surface area contributed by atoms with Gasteiger partial charge in [-0.2, -0.15) is 0 Å². The van der Waals surface area contributed by atoms with Crippen molar-refractivity contribution < 1.29 is 28.6 Å². The number of ether oxygens (including phenoxy) is 3. The molecule has 1 unspecified atom stereocenters. The van der Waals surface area contributed by atoms with Gasteiger partial charge < -0.3 is 14.2 Å². The fourth-order valence-electron chi connectivity index (χ4n) is 6.49. The van der Waals surface area contributed by atoms with Crippen LogP contribution in [0.2, 0.25) is 0 Å². The third-order valence-electron chi connectivity index (χ3n) is 10.1. The molecule has 1 atom stereocenters. The zero-order valence-electron chi connectivity index (χ0n) is 38.5. The minimum absolute atomic E-state index is 0.0995. The second kappa shape index (κ2) is 47.5. The van der Waals surface area contributed by atoms with Gasteiger partial charge in [0.25, 0.3) is 0 Å². The Balaban J connectivity index is 4.45. The molecule has 0 heterocycles. The molecule has 0 aromatic heterocycles. The number of carbonyl (C=O) groups excluding carboxylic acids is 3. The molecule has 6 nitrogen and oxygen atoms in total. The maximum absolute atomic E-state index is 12.7. The fraction of sp³-hybridized carbons (Fsp3) is 0.717. The van der Waals surface area contributed by atoms with Gasteiger partial charge in [0.05, 0.1) is 0 Å². The number of esters is 3. The Morgan fingerprint density at radius 3 is 1.15 bits per heavy atom. The molecule has 0 aliphatic heterocycles. The van der Waals surface area contributed by atoms with Gasteiger partial charge in [-0.05, 0) is 103 Å². The Labute approximate surface area is 363 Å². The van der Waals surface area contributed by atoms with Crippen molar-refractivity contribution in [2.45, 2.75) is 232 Å². The van der Waals surface area contributed by atoms with Crippen LogP contribution in [0.4, 0.5) is 0 Å². The summed E-state index contributed by atoms with van der Waals surface area (Å²) in [6.45, 7) is 6.40. The van der Waals surface area contributed by atoms with Gasteiger partial charge in [-0.1, -0.05) is 177 Å². The average Bonchev–Trinajstić information content (AvgIpc) is 3.23. The van der Waals surface area contributed by atoms with E-state index in [1.54, 1.807) is 0 Å². The van der Waals surface area contributed by atoms with Crippen LogP contribution in [-0.4, -0.2) is 37.2 Å². The standard InChI is InChI=1S/C53H90O6/c1-4-7-10-13-16-19-22-24-26-28-29-31-34-37-40-43-46-52(55)58-49-50(48-57-51(54)45-42-39-36-33-21-18-15-12-9-6-3)59-53(56)47-44-41-38-35-32-30-27-25-23-20-17-14-11-8-5-2/h8,11-12,15,17,20,25-28,32,35,50H,4-7,9-10,13-14,16,18-19,21-24,29-31,33-34,36-49H2,1-3H3/b11-8-,15-12-,20-17-,27-25-,28-26-,35-32-. The zero-order chi connectivity index (χ0) is 43.0. The van der Waals surface area contributed by atoms with Crippen molar-refractivity contribution in [3.63, 3.8) is 0 Å². The minimum Gasteiger partial charge on any atom is -0.462 e. The first-order valence-electron chi connectivity index (χ1n) is 24.4. The van der Waals surface area contributed by atoms with Crippen LogP contribution in [0.1, 0.15) is 226 Å². The van der Waals surface area contributed by atoms with Gasteiger partial charge in [-0.25, -0.2) is 0 Å². The highest BCUT2D eigenvalue weighted by Crippen LogP contribution is 2.13. The van der Waals surface area contributed by atoms with E-state index in [2.05, 4.69) is 93.7 Å². The van der Waals surface area contributed by atoms with E-state index in [0.717, 1.165) is 103 Å². The van der Waals surface area contributed by atoms with E-state index in [1.807, 2.05) is 0 Å². The van der Waals surface area contributed by atoms with Gasteiger partial charge in [0, 0.05) is 19.3 Å². The topological polar surface area (TPSA) is 78.9 Å². The summed E-state index contributed by atoms with van der Waals surface area (Å²) in [5, 5.41) is 0. The minimum atomic E-state index is -0.802. The number of carbonyl (C=O) groups is 3. The molecule has 59 heavy (non-hydrogen) atoms. The first kappa shape index (κ1) is 55.9. The third-order valence-corrected chi connectivity index (χ3v) is 10.1. The second-order valence-electron chi connectivity index (χ2n) is 16.0. The van der Waals surface area contributed by atoms with Crippen LogP contribution in [0, 0.1) is 0 Å². The first-order valence-corrected chi connectivity index (χ1v) is 24.4. The van der Waals surface area contributed by atoms with E-state index in [4.69, 9.17) is 14.2 Å². The lowest BCUT2D eigenvalue weighted by atomic mass is 10.1. The van der Waals surface area contributed by atoms with Gasteiger partial charge in [-0.15, -0.1) is 0 Å². The average molecular weight is 823 g/mol. The lowest BCUT2D eigenvalue weighted by Crippen LogP contribution is -2.30. The number of rotatable bonds is 43. The summed E-state index contributed by atoms with van der Waals surface area (Å²) in [5.74, 6) is -0.963. The van der Waals surface area contributed by atoms with E-state index in [0.29, 0.717) is 19.3 Å². The summed E-state index contributed by atoms with van der Waals surface area (Å²) in [4.78, 5) is 37.8. The molecule has 0 aliphatic carbocycles. The number of allylic oxidation sites excluding steroid dienone is 12. The Kier molecular flexibility index (Phi) is 45.0. The normalized spacial score (nSPS) is 12.7. The molecule has 0 aromatic carbocycles. The fourth-order valence-corrected chi connectivity index (χ4v) is 6.49. The molecule has 0 spiro atoms. The molecule has 6 heteroatoms. The molecule has 0 radical (unpaired) electrons. The predicted molar refractivity (Wildman–Crippen MR) is 251 cm³/mol. The molecular formula is C53H90O6. The lowest BCUT2D eigenvalue weighted by molar-refractivity contribution is -0.167. The first-order chi connectivity index (χ1) is 29.0. The summed E-state index contributed by atoms with van der Waals surface area (Å²) in [6, 6.07) is 0. The summed E-state index contributed by atoms with van der Waals surface area (Å²) < 4.78 is 16.7. The van der Waals surface area contributed by atoms with Crippen molar-refractivity contribution in [2.24, 2.45) is 0 Å². The van der Waals surface area contributed by atoms with Gasteiger partial charge in [0.15, 0.2) is 6.10 Å². The Morgan fingerprint density at radius 1 is 0.356 bits per heavy atom. The number of hydrogen-bond donors (Lipinski definition) is 0. The van der Waals surface area contributed by atoms with Crippen molar-refractivity contribution in [3.8, 4) is 0 Å². The molecule has 0 amide bonds. The highest BCUT2D eigenvalue weighted by molar-refractivity contribution is 5.71. The molecule has 0 aliphatic rings. The van der Waals surface area contributed by atoms with Gasteiger partial charge in [0.1, 0.15) is 13.2 Å². The second-order valence-corrected chi connectivity index (χ2v) is 16.0. The number of hydrogen-bond acceptors (Lipinski definition) is 6. The Morgan fingerprint density at radius 2 is 0.695 bits per heavy atom. The highest BCUT2D eigenvalue weighted by atomic mass is 16.6. The van der Waals surface area contributed by atoms with Crippen molar-refractivity contribution in [1.82, 2.24) is 0 Å². The van der Waals surface area contributed by atoms with E-state index in [-0.39, 0.29) is 37.5 Å². The summed E-state index contributed by atoms with van der Waals surface area (Å²) in [6.07, 6.45) is 58.9. The van der Waals surface area contributed by atoms with Crippen LogP contribution in [0.3, 0.4) is 0 Å². The molecular weight excluding hydrogens is 733 g/mol. The molecule has 0 saturated carbocycles. The van der Waals surface area contributed by atoms with E-state index in [1.165, 1.54) is 77.0 Å². The van der Waals surface area contributed by atoms with Crippen molar-refractivity contribution in [2.75, 3.05) is 13.2 Å². The molecule has 0 aromatic rings. The van der Waals surface area contributed by atoms with E-state index >= 15 is 0 Å². The van der Waals surface area contributed by atoms with Crippen molar-refractivity contribution >= 4 is 17.9 Å². The van der Waals surface area contributed by atoms with Crippen LogP contribution in [0.5, 0.6) is 0 Å². The predicted octanol–water partition coefficient (Wildman–Crippen LogP) is 15.9. The SMILES string of the molecule is CC/C=C\C/C=C\C/C=C\C/C=C\CCCCC(=O)OC(COC(=O)CCCCCCC/C=C\CCC)COC(=O)CCCCCCC/C=C\CCCCCCCCC. The van der Waals surface area contributed by atoms with Crippen LogP contribution >= 0.6 is 0 Å². The summed E-state index contributed by atoms with van der Waals surface area (Å²) >= 11 is 0. The van der Waals surface area contributed by atoms with Crippen LogP contribution in [0.25, 0.3) is 0 Å². The molecule has 338 valence electrons. The highest BCUT2D eigenvalue weighted by Gasteiger charge is 2.19. The summed E-state index contributed by atoms with van der Waals surface area (Å²) in [7, 11) is 0. The van der Waals surface area contributed by atoms with Crippen LogP contribution in [0.15, 0.2) is 72.9 Å². The Bertz CT molecular complexity index is 1130. The largest absolute Gasteiger partial charge is 0.462 e. The van der Waals surface area contributed by atoms with Crippen molar-refractivity contribution in [1.29, 1.82) is 0 Å². The van der Waals surface area contributed by atoms with Gasteiger partial charge in [-0.3, -0.25) is 14.4 Å². The molecule has 0 saturated heterocycles. The van der Waals surface area contributed by atoms with Crippen LogP contribution in [-0.2, 0) is 28.6 Å². The van der Waals surface area contributed by atoms with Gasteiger partial charge >= 0.3 is 17.9 Å². The van der Waals surface area contributed by atoms with Crippen molar-refractivity contribution in [3.05, 3.63) is 72.9 Å². The van der Waals surface area contributed by atoms with Gasteiger partial charge in [0.2, 0.25) is 0 Å². The monoisotopic (exact) mass is 823 g/mol. The van der Waals surface area contributed by atoms with E-state index in [9.17, 15) is 14.4 Å². The maximum Gasteiger partial charge on any atom is 0.306 e. The Hall–Kier alpha value is -3.15. The zero-order valence-corrected chi connectivity index (χ0v) is 38.5. The molecule has 0 fully saturated rings. The summed E-state index contributed by atoms with van der Waals surface area (Å²) in [5.41, 5.74) is 0. The molecule has 0 N–H and O–H groups in total. The quantitative estimate of drug-likeness (QED) is 0.0264. The molecule has 0 bridgehead atoms. The third kappa shape index (κ3) is 45.8. The van der Waals surface area contributed by atoms with Crippen LogP contribution < -0.4 is 0 Å². The smallest absolute Gasteiger partial charge is 0.306 e. The molecule has 0 rings (SSSR count). The lowest BCUT2D eigenvalue weighted by Gasteiger charge is -2.18. The maximum atomic E-state index is 12.7. The van der Waals surface area contributed by atoms with E-state index < -0.39 is 6.10 Å².